The Hall–Kier alpha value is -3.19. The minimum absolute atomic E-state index is 0.111. The summed E-state index contributed by atoms with van der Waals surface area (Å²) in [5, 5.41) is 4.57. The topological polar surface area (TPSA) is 88.1 Å². The van der Waals surface area contributed by atoms with Gasteiger partial charge in [0.15, 0.2) is 0 Å². The summed E-state index contributed by atoms with van der Waals surface area (Å²) in [6, 6.07) is 13.3. The summed E-state index contributed by atoms with van der Waals surface area (Å²) in [4.78, 5) is 37.8. The molecule has 3 rings (SSSR count). The van der Waals surface area contributed by atoms with E-state index in [2.05, 4.69) is 10.5 Å². The van der Waals surface area contributed by atoms with Crippen LogP contribution in [-0.2, 0) is 4.74 Å². The zero-order valence-corrected chi connectivity index (χ0v) is 15.2. The summed E-state index contributed by atoms with van der Waals surface area (Å²) in [6.07, 6.45) is -0.730. The minimum atomic E-state index is -0.730. The third-order valence-corrected chi connectivity index (χ3v) is 4.17. The Morgan fingerprint density at radius 1 is 1.07 bits per heavy atom. The van der Waals surface area contributed by atoms with Gasteiger partial charge in [0.2, 0.25) is 0 Å². The number of carbonyl (C=O) groups excluding carboxylic acids is 3. The van der Waals surface area contributed by atoms with Crippen LogP contribution in [-0.4, -0.2) is 41.7 Å². The highest BCUT2D eigenvalue weighted by Gasteiger charge is 2.35. The van der Waals surface area contributed by atoms with Crippen LogP contribution >= 0.6 is 11.6 Å². The molecule has 2 aromatic rings. The number of amides is 3. The number of nitrogens with zero attached hydrogens (tertiary/aromatic N) is 2. The first-order chi connectivity index (χ1) is 13.0. The van der Waals surface area contributed by atoms with Gasteiger partial charge in [-0.25, -0.2) is 10.2 Å². The molecule has 0 aliphatic carbocycles. The summed E-state index contributed by atoms with van der Waals surface area (Å²) in [6.45, 7) is 1.75. The third kappa shape index (κ3) is 3.98. The van der Waals surface area contributed by atoms with Crippen LogP contribution in [0.5, 0.6) is 0 Å². The Morgan fingerprint density at radius 3 is 2.22 bits per heavy atom. The smallest absolute Gasteiger partial charge is 0.427 e. The molecule has 0 aromatic heterocycles. The number of hydrogen-bond donors (Lipinski definition) is 1. The molecule has 1 aliphatic heterocycles. The third-order valence-electron chi connectivity index (χ3n) is 3.92. The van der Waals surface area contributed by atoms with Crippen molar-refractivity contribution in [1.29, 1.82) is 0 Å². The quantitative estimate of drug-likeness (QED) is 0.486. The number of rotatable bonds is 5. The molecule has 138 valence electrons. The van der Waals surface area contributed by atoms with E-state index in [1.54, 1.807) is 55.5 Å². The lowest BCUT2D eigenvalue weighted by molar-refractivity contribution is 0.0677. The molecule has 8 heteroatoms. The second kappa shape index (κ2) is 8.01. The van der Waals surface area contributed by atoms with Gasteiger partial charge < -0.3 is 4.74 Å². The maximum atomic E-state index is 12.6. The number of hydrogen-bond acceptors (Lipinski definition) is 5. The summed E-state index contributed by atoms with van der Waals surface area (Å²) in [7, 11) is 0. The van der Waals surface area contributed by atoms with E-state index in [-0.39, 0.29) is 13.2 Å². The number of ether oxygens (including phenoxy) is 1. The van der Waals surface area contributed by atoms with Gasteiger partial charge in [-0.05, 0) is 36.8 Å². The van der Waals surface area contributed by atoms with E-state index in [1.807, 2.05) is 0 Å². The predicted molar refractivity (Wildman–Crippen MR) is 100.0 cm³/mol. The van der Waals surface area contributed by atoms with Gasteiger partial charge >= 0.3 is 6.09 Å². The highest BCUT2D eigenvalue weighted by atomic mass is 35.5. The van der Waals surface area contributed by atoms with Crippen molar-refractivity contribution < 1.29 is 19.1 Å². The Bertz CT molecular complexity index is 890. The Kier molecular flexibility index (Phi) is 5.52. The number of hydrazone groups is 1. The van der Waals surface area contributed by atoms with Crippen molar-refractivity contribution in [3.8, 4) is 0 Å². The van der Waals surface area contributed by atoms with Crippen molar-refractivity contribution in [2.45, 2.75) is 6.92 Å². The van der Waals surface area contributed by atoms with Gasteiger partial charge in [-0.15, -0.1) is 0 Å². The second-order valence-electron chi connectivity index (χ2n) is 5.64. The van der Waals surface area contributed by atoms with Crippen LogP contribution in [0.15, 0.2) is 53.6 Å². The Labute approximate surface area is 160 Å². The van der Waals surface area contributed by atoms with Gasteiger partial charge in [0.1, 0.15) is 0 Å². The molecule has 0 unspecified atom stereocenters. The first kappa shape index (κ1) is 18.6. The van der Waals surface area contributed by atoms with E-state index in [9.17, 15) is 14.4 Å². The molecule has 1 N–H and O–H groups in total. The molecule has 0 saturated carbocycles. The van der Waals surface area contributed by atoms with Crippen LogP contribution < -0.4 is 5.43 Å². The van der Waals surface area contributed by atoms with Crippen molar-refractivity contribution in [3.05, 3.63) is 70.2 Å². The fourth-order valence-corrected chi connectivity index (χ4v) is 2.77. The van der Waals surface area contributed by atoms with Gasteiger partial charge in [0.05, 0.1) is 30.0 Å². The molecule has 27 heavy (non-hydrogen) atoms. The summed E-state index contributed by atoms with van der Waals surface area (Å²) >= 11 is 5.91. The summed E-state index contributed by atoms with van der Waals surface area (Å²) in [5.74, 6) is -0.818. The molecule has 3 amide bonds. The molecule has 0 fully saturated rings. The van der Waals surface area contributed by atoms with Crippen molar-refractivity contribution >= 4 is 35.2 Å². The number of nitrogens with one attached hydrogen (secondary N) is 1. The van der Waals surface area contributed by atoms with Crippen molar-refractivity contribution in [2.24, 2.45) is 5.10 Å². The van der Waals surface area contributed by atoms with Gasteiger partial charge in [-0.2, -0.15) is 5.10 Å². The summed E-state index contributed by atoms with van der Waals surface area (Å²) < 4.78 is 4.78. The largest absolute Gasteiger partial charge is 0.449 e. The number of carbonyl (C=O) groups is 3. The van der Waals surface area contributed by atoms with Crippen LogP contribution in [0.4, 0.5) is 4.79 Å². The average molecular weight is 386 g/mol. The molecule has 1 aliphatic rings. The Balaban J connectivity index is 1.89. The predicted octanol–water partition coefficient (Wildman–Crippen LogP) is 3.09. The lowest BCUT2D eigenvalue weighted by atomic mass is 10.1. The fourth-order valence-electron chi connectivity index (χ4n) is 2.64. The molecular weight excluding hydrogens is 370 g/mol. The van der Waals surface area contributed by atoms with Crippen molar-refractivity contribution in [3.63, 3.8) is 0 Å². The van der Waals surface area contributed by atoms with Gasteiger partial charge in [-0.3, -0.25) is 14.5 Å². The molecule has 0 bridgehead atoms. The normalized spacial score (nSPS) is 13.6. The van der Waals surface area contributed by atoms with E-state index >= 15 is 0 Å². The highest BCUT2D eigenvalue weighted by molar-refractivity contribution is 6.30. The number of fused-ring (bicyclic) bond motifs is 1. The van der Waals surface area contributed by atoms with Crippen molar-refractivity contribution in [2.75, 3.05) is 13.2 Å². The van der Waals surface area contributed by atoms with Crippen LogP contribution in [0.1, 0.15) is 33.2 Å². The van der Waals surface area contributed by atoms with Crippen LogP contribution in [0, 0.1) is 0 Å². The average Bonchev–Trinajstić information content (AvgIpc) is 2.91. The maximum Gasteiger partial charge on any atom is 0.427 e. The van der Waals surface area contributed by atoms with Gasteiger partial charge in [-0.1, -0.05) is 35.9 Å². The first-order valence-corrected chi connectivity index (χ1v) is 8.59. The second-order valence-corrected chi connectivity index (χ2v) is 6.08. The van der Waals surface area contributed by atoms with Crippen molar-refractivity contribution in [1.82, 2.24) is 10.3 Å². The van der Waals surface area contributed by atoms with Crippen LogP contribution in [0.2, 0.25) is 5.02 Å². The Morgan fingerprint density at radius 2 is 1.67 bits per heavy atom. The molecule has 2 aromatic carbocycles. The molecule has 0 saturated heterocycles. The first-order valence-electron chi connectivity index (χ1n) is 8.21. The van der Waals surface area contributed by atoms with Crippen LogP contribution in [0.3, 0.4) is 0 Å². The van der Waals surface area contributed by atoms with E-state index in [0.29, 0.717) is 27.4 Å². The van der Waals surface area contributed by atoms with Crippen LogP contribution in [0.25, 0.3) is 0 Å². The van der Waals surface area contributed by atoms with E-state index in [1.165, 1.54) is 0 Å². The number of halogens is 1. The minimum Gasteiger partial charge on any atom is -0.449 e. The highest BCUT2D eigenvalue weighted by Crippen LogP contribution is 2.23. The SMILES string of the molecule is CCOC(=O)N/N=C(/CN1C(=O)c2ccccc2C1=O)c1ccc(Cl)cc1. The van der Waals surface area contributed by atoms with Gasteiger partial charge in [0, 0.05) is 5.02 Å². The zero-order valence-electron chi connectivity index (χ0n) is 14.4. The number of imide groups is 1. The molecule has 0 atom stereocenters. The maximum absolute atomic E-state index is 12.6. The molecule has 0 spiro atoms. The lowest BCUT2D eigenvalue weighted by Crippen LogP contribution is -2.36. The van der Waals surface area contributed by atoms with E-state index in [4.69, 9.17) is 16.3 Å². The van der Waals surface area contributed by atoms with E-state index in [0.717, 1.165) is 4.90 Å². The lowest BCUT2D eigenvalue weighted by Gasteiger charge is -2.16. The molecule has 1 heterocycles. The fraction of sp³-hybridized carbons (Fsp3) is 0.158. The number of benzene rings is 2. The molecule has 7 nitrogen and oxygen atoms in total. The zero-order chi connectivity index (χ0) is 19.4. The van der Waals surface area contributed by atoms with Gasteiger partial charge in [0.25, 0.3) is 11.8 Å². The summed E-state index contributed by atoms with van der Waals surface area (Å²) in [5.41, 5.74) is 3.87. The monoisotopic (exact) mass is 385 g/mol. The molecule has 0 radical (unpaired) electrons. The molecular formula is C19H16ClN3O4. The standard InChI is InChI=1S/C19H16ClN3O4/c1-2-27-19(26)22-21-16(12-7-9-13(20)10-8-12)11-23-17(24)14-5-3-4-6-15(14)18(23)25/h3-10H,2,11H2,1H3,(H,22,26)/b21-16-. The van der Waals surface area contributed by atoms with E-state index < -0.39 is 17.9 Å².